The van der Waals surface area contributed by atoms with Crippen molar-refractivity contribution in [2.24, 2.45) is 0 Å². The number of amides is 1. The lowest BCUT2D eigenvalue weighted by atomic mass is 10.2. The Morgan fingerprint density at radius 2 is 2.04 bits per heavy atom. The molecule has 0 aliphatic heterocycles. The van der Waals surface area contributed by atoms with Crippen LogP contribution in [-0.2, 0) is 11.3 Å². The van der Waals surface area contributed by atoms with Crippen LogP contribution in [-0.4, -0.2) is 28.7 Å². The summed E-state index contributed by atoms with van der Waals surface area (Å²) in [7, 11) is 0. The number of carboxylic acid groups (broad SMARTS) is 1. The van der Waals surface area contributed by atoms with Gasteiger partial charge in [-0.3, -0.25) is 0 Å². The first-order valence-electron chi connectivity index (χ1n) is 6.88. The number of carbonyl (C=O) groups excluding carboxylic acids is 1. The van der Waals surface area contributed by atoms with Gasteiger partial charge in [-0.15, -0.1) is 0 Å². The number of hydrogen-bond acceptors (Lipinski definition) is 4. The molecule has 1 aromatic heterocycles. The third kappa shape index (κ3) is 5.10. The van der Waals surface area contributed by atoms with Gasteiger partial charge in [-0.1, -0.05) is 42.2 Å². The van der Waals surface area contributed by atoms with Gasteiger partial charge in [0, 0.05) is 11.8 Å². The van der Waals surface area contributed by atoms with Crippen molar-refractivity contribution in [1.82, 2.24) is 10.3 Å². The minimum absolute atomic E-state index is 0.00654. The highest BCUT2D eigenvalue weighted by Gasteiger charge is 2.11. The standard InChI is InChI=1S/C17H13FN2O4/c18-15-14(16(21)22)9-13(10-20-15)7-4-8-19-17(23)24-11-12-5-2-1-3-6-12/h1-3,5-6,9-10H,8,11H2,(H,19,23)(H,21,22). The van der Waals surface area contributed by atoms with Gasteiger partial charge in [0.2, 0.25) is 5.95 Å². The van der Waals surface area contributed by atoms with Crippen LogP contribution in [0.5, 0.6) is 0 Å². The number of alkyl carbamates (subject to hydrolysis) is 1. The zero-order valence-corrected chi connectivity index (χ0v) is 12.5. The molecular formula is C17H13FN2O4. The van der Waals surface area contributed by atoms with E-state index in [2.05, 4.69) is 22.1 Å². The Hall–Kier alpha value is -3.40. The number of pyridine rings is 1. The molecule has 122 valence electrons. The van der Waals surface area contributed by atoms with E-state index in [0.717, 1.165) is 17.8 Å². The molecule has 0 saturated carbocycles. The van der Waals surface area contributed by atoms with Crippen LogP contribution in [0.3, 0.4) is 0 Å². The summed E-state index contributed by atoms with van der Waals surface area (Å²) in [4.78, 5) is 25.6. The van der Waals surface area contributed by atoms with E-state index in [1.165, 1.54) is 0 Å². The number of carboxylic acids is 1. The minimum atomic E-state index is -1.42. The van der Waals surface area contributed by atoms with Crippen LogP contribution in [0.4, 0.5) is 9.18 Å². The van der Waals surface area contributed by atoms with E-state index >= 15 is 0 Å². The number of aromatic carboxylic acids is 1. The number of hydrogen-bond donors (Lipinski definition) is 2. The summed E-state index contributed by atoms with van der Waals surface area (Å²) in [6.45, 7) is 0.136. The molecule has 1 heterocycles. The van der Waals surface area contributed by atoms with Crippen molar-refractivity contribution in [2.45, 2.75) is 6.61 Å². The van der Waals surface area contributed by atoms with E-state index in [1.807, 2.05) is 30.3 Å². The first-order chi connectivity index (χ1) is 11.6. The fourth-order valence-corrected chi connectivity index (χ4v) is 1.70. The summed E-state index contributed by atoms with van der Waals surface area (Å²) < 4.78 is 18.1. The lowest BCUT2D eigenvalue weighted by molar-refractivity contribution is 0.0690. The Kier molecular flexibility index (Phi) is 5.86. The highest BCUT2D eigenvalue weighted by molar-refractivity contribution is 5.87. The molecule has 0 saturated heterocycles. The Labute approximate surface area is 137 Å². The van der Waals surface area contributed by atoms with E-state index in [1.54, 1.807) is 0 Å². The third-order valence-electron chi connectivity index (χ3n) is 2.84. The molecule has 6 nitrogen and oxygen atoms in total. The van der Waals surface area contributed by atoms with Gasteiger partial charge in [-0.25, -0.2) is 14.6 Å². The summed E-state index contributed by atoms with van der Waals surface area (Å²) in [5.74, 6) is 2.68. The molecule has 0 spiro atoms. The van der Waals surface area contributed by atoms with Crippen LogP contribution >= 0.6 is 0 Å². The lowest BCUT2D eigenvalue weighted by Crippen LogP contribution is -2.24. The predicted octanol–water partition coefficient (Wildman–Crippen LogP) is 2.20. The zero-order chi connectivity index (χ0) is 17.4. The number of aromatic nitrogens is 1. The molecule has 0 bridgehead atoms. The highest BCUT2D eigenvalue weighted by atomic mass is 19.1. The largest absolute Gasteiger partial charge is 0.478 e. The quantitative estimate of drug-likeness (QED) is 0.663. The molecular weight excluding hydrogens is 315 g/mol. The summed E-state index contributed by atoms with van der Waals surface area (Å²) in [6, 6.07) is 10.3. The Morgan fingerprint density at radius 1 is 1.29 bits per heavy atom. The average molecular weight is 328 g/mol. The molecule has 0 fully saturated rings. The monoisotopic (exact) mass is 328 g/mol. The van der Waals surface area contributed by atoms with E-state index in [-0.39, 0.29) is 18.7 Å². The number of benzene rings is 1. The van der Waals surface area contributed by atoms with Crippen LogP contribution < -0.4 is 5.32 Å². The molecule has 0 atom stereocenters. The smallest absolute Gasteiger partial charge is 0.408 e. The normalized spacial score (nSPS) is 9.54. The van der Waals surface area contributed by atoms with Crippen molar-refractivity contribution in [3.8, 4) is 11.8 Å². The second-order valence-corrected chi connectivity index (χ2v) is 4.58. The maximum absolute atomic E-state index is 13.1. The van der Waals surface area contributed by atoms with Crippen molar-refractivity contribution in [1.29, 1.82) is 0 Å². The van der Waals surface area contributed by atoms with Crippen LogP contribution in [0.15, 0.2) is 42.6 Å². The number of nitrogens with one attached hydrogen (secondary N) is 1. The molecule has 24 heavy (non-hydrogen) atoms. The van der Waals surface area contributed by atoms with Crippen molar-refractivity contribution in [3.05, 3.63) is 65.2 Å². The first kappa shape index (κ1) is 17.0. The number of halogens is 1. The molecule has 0 aliphatic carbocycles. The van der Waals surface area contributed by atoms with Crippen molar-refractivity contribution in [2.75, 3.05) is 6.54 Å². The van der Waals surface area contributed by atoms with Crippen LogP contribution in [0.25, 0.3) is 0 Å². The van der Waals surface area contributed by atoms with Gasteiger partial charge in [0.1, 0.15) is 12.2 Å². The molecule has 0 radical (unpaired) electrons. The molecule has 7 heteroatoms. The predicted molar refractivity (Wildman–Crippen MR) is 82.7 cm³/mol. The molecule has 1 amide bonds. The van der Waals surface area contributed by atoms with Gasteiger partial charge in [0.05, 0.1) is 6.54 Å². The molecule has 0 aliphatic rings. The fraction of sp³-hybridized carbons (Fsp3) is 0.118. The molecule has 1 aromatic carbocycles. The number of rotatable bonds is 4. The number of nitrogens with zero attached hydrogens (tertiary/aromatic N) is 1. The Bertz CT molecular complexity index is 797. The van der Waals surface area contributed by atoms with Gasteiger partial charge in [0.15, 0.2) is 0 Å². The van der Waals surface area contributed by atoms with Gasteiger partial charge >= 0.3 is 12.1 Å². The van der Waals surface area contributed by atoms with Crippen LogP contribution in [0, 0.1) is 17.8 Å². The first-order valence-corrected chi connectivity index (χ1v) is 6.88. The van der Waals surface area contributed by atoms with Gasteiger partial charge in [-0.05, 0) is 11.6 Å². The summed E-state index contributed by atoms with van der Waals surface area (Å²) >= 11 is 0. The van der Waals surface area contributed by atoms with E-state index in [9.17, 15) is 14.0 Å². The maximum atomic E-state index is 13.1. The van der Waals surface area contributed by atoms with E-state index in [4.69, 9.17) is 9.84 Å². The SMILES string of the molecule is O=C(NCC#Cc1cnc(F)c(C(=O)O)c1)OCc1ccccc1. The molecule has 2 N–H and O–H groups in total. The van der Waals surface area contributed by atoms with Crippen molar-refractivity contribution in [3.63, 3.8) is 0 Å². The number of carbonyl (C=O) groups is 2. The van der Waals surface area contributed by atoms with Crippen molar-refractivity contribution < 1.29 is 23.8 Å². The Morgan fingerprint density at radius 3 is 2.75 bits per heavy atom. The molecule has 2 rings (SSSR count). The molecule has 2 aromatic rings. The van der Waals surface area contributed by atoms with E-state index < -0.39 is 23.6 Å². The van der Waals surface area contributed by atoms with Crippen LogP contribution in [0.1, 0.15) is 21.5 Å². The summed E-state index contributed by atoms with van der Waals surface area (Å²) in [6.07, 6.45) is 0.485. The second-order valence-electron chi connectivity index (χ2n) is 4.58. The second kappa shape index (κ2) is 8.29. The summed E-state index contributed by atoms with van der Waals surface area (Å²) in [5, 5.41) is 11.2. The van der Waals surface area contributed by atoms with Gasteiger partial charge < -0.3 is 15.2 Å². The lowest BCUT2D eigenvalue weighted by Gasteiger charge is -2.04. The average Bonchev–Trinajstić information content (AvgIpc) is 2.59. The summed E-state index contributed by atoms with van der Waals surface area (Å²) in [5.41, 5.74) is 0.530. The van der Waals surface area contributed by atoms with Crippen LogP contribution in [0.2, 0.25) is 0 Å². The molecule has 0 unspecified atom stereocenters. The van der Waals surface area contributed by atoms with Crippen molar-refractivity contribution >= 4 is 12.1 Å². The van der Waals surface area contributed by atoms with E-state index in [0.29, 0.717) is 0 Å². The highest BCUT2D eigenvalue weighted by Crippen LogP contribution is 2.06. The van der Waals surface area contributed by atoms with Gasteiger partial charge in [-0.2, -0.15) is 4.39 Å². The van der Waals surface area contributed by atoms with Gasteiger partial charge in [0.25, 0.3) is 0 Å². The zero-order valence-electron chi connectivity index (χ0n) is 12.5. The Balaban J connectivity index is 1.82. The fourth-order valence-electron chi connectivity index (χ4n) is 1.70. The maximum Gasteiger partial charge on any atom is 0.408 e. The number of ether oxygens (including phenoxy) is 1. The topological polar surface area (TPSA) is 88.5 Å². The minimum Gasteiger partial charge on any atom is -0.478 e. The third-order valence-corrected chi connectivity index (χ3v) is 2.84.